The number of nitrogen functional groups attached to an aromatic ring is 1. The van der Waals surface area contributed by atoms with Crippen LogP contribution in [0.15, 0.2) is 103 Å². The van der Waals surface area contributed by atoms with Gasteiger partial charge in [0.1, 0.15) is 5.69 Å². The largest absolute Gasteiger partial charge is 1.00 e. The van der Waals surface area contributed by atoms with Crippen molar-refractivity contribution in [3.63, 3.8) is 0 Å². The van der Waals surface area contributed by atoms with E-state index >= 15 is 0 Å². The minimum Gasteiger partial charge on any atom is -0.691 e. The van der Waals surface area contributed by atoms with Crippen LogP contribution in [0.2, 0.25) is 0 Å². The van der Waals surface area contributed by atoms with Crippen LogP contribution in [0.1, 0.15) is 0 Å². The van der Waals surface area contributed by atoms with E-state index in [9.17, 15) is 15.6 Å². The molecule has 0 saturated heterocycles. The van der Waals surface area contributed by atoms with Gasteiger partial charge in [-0.05, 0) is 78.2 Å². The number of rotatable bonds is 10. The van der Waals surface area contributed by atoms with Crippen LogP contribution in [-0.2, 0) is 18.7 Å². The number of azo groups is 2. The molecular formula is C22H15N5Na2O7S2. The molecule has 12 nitrogen and oxygen atoms in total. The zero-order chi connectivity index (χ0) is 25.3. The van der Waals surface area contributed by atoms with Gasteiger partial charge >= 0.3 is 59.1 Å². The van der Waals surface area contributed by atoms with Gasteiger partial charge in [-0.25, -0.2) is 0 Å². The number of nitrogens with zero attached hydrogens (tertiary/aromatic N) is 4. The first-order valence-electron chi connectivity index (χ1n) is 9.92. The Balaban J connectivity index is 0.00000253. The number of phenolic OH excluding ortho intramolecular Hbond substituents is 1. The van der Waals surface area contributed by atoms with E-state index in [1.807, 2.05) is 0 Å². The van der Waals surface area contributed by atoms with E-state index in [1.54, 1.807) is 72.8 Å². The standard InChI is InChI=1S/C22H17N5O7S2.2Na/c23-14-1-10-19-13(11-14)12-20(36-34-32-30)21(22(19)28)27-26-16-4-2-15(3-5-16)24-25-17-6-8-18(9-7-17)35-33-31-29;;/h1-12,28-30H,23H2;;/q;2*+1/p-2. The Morgan fingerprint density at radius 1 is 0.684 bits per heavy atom. The maximum absolute atomic E-state index is 10.7. The number of hydrogen-bond donors (Lipinski definition) is 2. The fourth-order valence-electron chi connectivity index (χ4n) is 3.01. The molecule has 0 spiro atoms. The predicted molar refractivity (Wildman–Crippen MR) is 127 cm³/mol. The summed E-state index contributed by atoms with van der Waals surface area (Å²) in [5.74, 6) is -0.157. The van der Waals surface area contributed by atoms with Crippen LogP contribution >= 0.6 is 24.1 Å². The quantitative estimate of drug-likeness (QED) is 0.0625. The summed E-state index contributed by atoms with van der Waals surface area (Å²) in [7, 11) is 0. The van der Waals surface area contributed by atoms with Crippen molar-refractivity contribution in [1.82, 2.24) is 0 Å². The summed E-state index contributed by atoms with van der Waals surface area (Å²) in [6.07, 6.45) is 0. The Labute approximate surface area is 269 Å². The third-order valence-electron chi connectivity index (χ3n) is 4.62. The molecule has 4 rings (SSSR count). The van der Waals surface area contributed by atoms with Gasteiger partial charge in [0.2, 0.25) is 0 Å². The number of benzene rings is 4. The summed E-state index contributed by atoms with van der Waals surface area (Å²) < 4.78 is 8.67. The molecule has 0 fully saturated rings. The number of fused-ring (bicyclic) bond motifs is 1. The van der Waals surface area contributed by atoms with Crippen molar-refractivity contribution in [2.45, 2.75) is 9.79 Å². The molecule has 0 aliphatic rings. The summed E-state index contributed by atoms with van der Waals surface area (Å²) in [6, 6.07) is 20.1. The van der Waals surface area contributed by atoms with E-state index in [0.717, 1.165) is 12.0 Å². The van der Waals surface area contributed by atoms with Gasteiger partial charge in [0.25, 0.3) is 0 Å². The molecule has 0 bridgehead atoms. The van der Waals surface area contributed by atoms with Crippen LogP contribution in [0.5, 0.6) is 5.75 Å². The van der Waals surface area contributed by atoms with Gasteiger partial charge in [0.15, 0.2) is 5.75 Å². The average molecular weight is 572 g/mol. The summed E-state index contributed by atoms with van der Waals surface area (Å²) in [4.78, 5) is 0.960. The number of nitrogens with two attached hydrogens (primary N) is 1. The molecule has 0 radical (unpaired) electrons. The third-order valence-corrected chi connectivity index (χ3v) is 5.82. The van der Waals surface area contributed by atoms with Gasteiger partial charge in [0.05, 0.1) is 46.0 Å². The number of aromatic hydroxyl groups is 1. The second-order valence-corrected chi connectivity index (χ2v) is 8.42. The summed E-state index contributed by atoms with van der Waals surface area (Å²) in [5, 5.41) is 55.4. The Bertz CT molecular complexity index is 1400. The Hall–Kier alpha value is -1.60. The molecular weight excluding hydrogens is 556 g/mol. The van der Waals surface area contributed by atoms with Crippen molar-refractivity contribution >= 4 is 63.3 Å². The molecule has 184 valence electrons. The molecule has 0 aromatic heterocycles. The van der Waals surface area contributed by atoms with Gasteiger partial charge in [-0.3, -0.25) is 10.1 Å². The summed E-state index contributed by atoms with van der Waals surface area (Å²) >= 11 is 1.36. The molecule has 3 N–H and O–H groups in total. The van der Waals surface area contributed by atoms with Crippen LogP contribution in [0.4, 0.5) is 28.4 Å². The third kappa shape index (κ3) is 8.97. The molecule has 0 heterocycles. The first-order valence-corrected chi connectivity index (χ1v) is 11.4. The van der Waals surface area contributed by atoms with E-state index in [2.05, 4.69) is 39.2 Å². The molecule has 4 aromatic carbocycles. The molecule has 0 amide bonds. The minimum atomic E-state index is -0.157. The molecule has 4 aromatic rings. The van der Waals surface area contributed by atoms with E-state index in [4.69, 9.17) is 5.73 Å². The van der Waals surface area contributed by atoms with Crippen LogP contribution in [0.3, 0.4) is 0 Å². The zero-order valence-electron chi connectivity index (χ0n) is 20.0. The van der Waals surface area contributed by atoms with Crippen molar-refractivity contribution in [3.8, 4) is 5.75 Å². The van der Waals surface area contributed by atoms with Crippen LogP contribution in [-0.4, -0.2) is 5.11 Å². The number of hydrogen-bond acceptors (Lipinski definition) is 14. The monoisotopic (exact) mass is 571 g/mol. The van der Waals surface area contributed by atoms with Crippen LogP contribution in [0.25, 0.3) is 10.8 Å². The maximum Gasteiger partial charge on any atom is 1.00 e. The van der Waals surface area contributed by atoms with Crippen molar-refractivity contribution < 1.29 is 93.5 Å². The van der Waals surface area contributed by atoms with E-state index in [0.29, 0.717) is 55.4 Å². The number of phenols is 1. The Morgan fingerprint density at radius 2 is 1.21 bits per heavy atom. The van der Waals surface area contributed by atoms with Crippen molar-refractivity contribution in [1.29, 1.82) is 0 Å². The van der Waals surface area contributed by atoms with Crippen molar-refractivity contribution in [2.75, 3.05) is 5.73 Å². The summed E-state index contributed by atoms with van der Waals surface area (Å²) in [5.41, 5.74) is 8.04. The first kappa shape index (κ1) is 32.6. The molecule has 38 heavy (non-hydrogen) atoms. The molecule has 0 unspecified atom stereocenters. The molecule has 0 atom stereocenters. The average Bonchev–Trinajstić information content (AvgIpc) is 2.90. The van der Waals surface area contributed by atoms with Crippen LogP contribution < -0.4 is 75.4 Å². The number of anilines is 1. The van der Waals surface area contributed by atoms with E-state index < -0.39 is 0 Å². The van der Waals surface area contributed by atoms with Gasteiger partial charge in [-0.1, -0.05) is 0 Å². The van der Waals surface area contributed by atoms with Gasteiger partial charge in [-0.2, -0.15) is 24.0 Å². The topological polar surface area (TPSA) is 179 Å². The zero-order valence-corrected chi connectivity index (χ0v) is 25.6. The second kappa shape index (κ2) is 16.5. The molecule has 16 heteroatoms. The van der Waals surface area contributed by atoms with Crippen molar-refractivity contribution in [2.24, 2.45) is 20.5 Å². The predicted octanol–water partition coefficient (Wildman–Crippen LogP) is -0.572. The van der Waals surface area contributed by atoms with E-state index in [-0.39, 0.29) is 70.6 Å². The minimum absolute atomic E-state index is 0. The smallest absolute Gasteiger partial charge is 0.691 e. The fraction of sp³-hybridized carbons (Fsp3) is 0. The Morgan fingerprint density at radius 3 is 1.79 bits per heavy atom. The van der Waals surface area contributed by atoms with Crippen molar-refractivity contribution in [3.05, 3.63) is 72.8 Å². The first-order chi connectivity index (χ1) is 17.6. The normalized spacial score (nSPS) is 11.1. The fourth-order valence-corrected chi connectivity index (χ4v) is 3.86. The summed E-state index contributed by atoms with van der Waals surface area (Å²) in [6.45, 7) is 0. The van der Waals surface area contributed by atoms with Gasteiger partial charge in [-0.15, -0.1) is 5.11 Å². The SMILES string of the molecule is Nc1ccc2c(O)c(N=Nc3ccc(N=Nc4ccc(SOO[O-])cc4)cc3)c(SOO[O-])cc2c1.[Na+].[Na+]. The molecule has 0 saturated carbocycles. The van der Waals surface area contributed by atoms with Gasteiger partial charge in [0, 0.05) is 16.0 Å². The molecule has 0 aliphatic carbocycles. The second-order valence-electron chi connectivity index (χ2n) is 6.90. The maximum atomic E-state index is 10.7. The van der Waals surface area contributed by atoms with Crippen LogP contribution in [0, 0.1) is 0 Å². The van der Waals surface area contributed by atoms with Gasteiger partial charge < -0.3 is 21.4 Å². The Kier molecular flexibility index (Phi) is 14.2. The molecule has 0 aliphatic heterocycles. The van der Waals surface area contributed by atoms with E-state index in [1.165, 1.54) is 0 Å².